The molecule has 2 rings (SSSR count). The predicted molar refractivity (Wildman–Crippen MR) is 78.5 cm³/mol. The van der Waals surface area contributed by atoms with Crippen molar-refractivity contribution in [1.82, 2.24) is 10.3 Å². The molecule has 0 saturated carbocycles. The van der Waals surface area contributed by atoms with Gasteiger partial charge in [-0.05, 0) is 43.1 Å². The number of nitrogens with zero attached hydrogens (tertiary/aromatic N) is 1. The predicted octanol–water partition coefficient (Wildman–Crippen LogP) is 3.74. The van der Waals surface area contributed by atoms with Crippen molar-refractivity contribution in [3.63, 3.8) is 0 Å². The average Bonchev–Trinajstić information content (AvgIpc) is 2.40. The Bertz CT molecular complexity index is 485. The first kappa shape index (κ1) is 13.2. The molecule has 3 heteroatoms. The Morgan fingerprint density at radius 3 is 2.78 bits per heavy atom. The number of aromatic nitrogens is 1. The Kier molecular flexibility index (Phi) is 4.90. The summed E-state index contributed by atoms with van der Waals surface area (Å²) in [6, 6.07) is 12.8. The summed E-state index contributed by atoms with van der Waals surface area (Å²) in [5.74, 6) is 0. The van der Waals surface area contributed by atoms with Gasteiger partial charge in [0.1, 0.15) is 0 Å². The number of hydrogen-bond donors (Lipinski definition) is 1. The van der Waals surface area contributed by atoms with Gasteiger partial charge in [-0.3, -0.25) is 4.98 Å². The van der Waals surface area contributed by atoms with Crippen molar-refractivity contribution in [2.75, 3.05) is 6.54 Å². The highest BCUT2D eigenvalue weighted by molar-refractivity contribution is 9.10. The van der Waals surface area contributed by atoms with Crippen LogP contribution in [0.4, 0.5) is 0 Å². The van der Waals surface area contributed by atoms with Crippen LogP contribution in [0, 0.1) is 0 Å². The van der Waals surface area contributed by atoms with Crippen LogP contribution < -0.4 is 5.32 Å². The zero-order valence-electron chi connectivity index (χ0n) is 10.4. The second-order valence-electron chi connectivity index (χ2n) is 4.31. The van der Waals surface area contributed by atoms with Crippen LogP contribution in [0.15, 0.2) is 53.3 Å². The third-order valence-electron chi connectivity index (χ3n) is 2.96. The Morgan fingerprint density at radius 2 is 2.06 bits per heavy atom. The fourth-order valence-corrected chi connectivity index (χ4v) is 2.54. The van der Waals surface area contributed by atoms with Crippen LogP contribution in [-0.4, -0.2) is 11.5 Å². The Hall–Kier alpha value is -1.19. The summed E-state index contributed by atoms with van der Waals surface area (Å²) in [4.78, 5) is 4.12. The number of halogens is 1. The molecule has 1 aromatic carbocycles. The monoisotopic (exact) mass is 304 g/mol. The van der Waals surface area contributed by atoms with E-state index in [-0.39, 0.29) is 0 Å². The zero-order valence-corrected chi connectivity index (χ0v) is 12.0. The van der Waals surface area contributed by atoms with Crippen molar-refractivity contribution in [3.8, 4) is 0 Å². The maximum absolute atomic E-state index is 4.12. The van der Waals surface area contributed by atoms with Gasteiger partial charge in [0.15, 0.2) is 0 Å². The lowest BCUT2D eigenvalue weighted by Crippen LogP contribution is -2.21. The van der Waals surface area contributed by atoms with Crippen molar-refractivity contribution in [1.29, 1.82) is 0 Å². The lowest BCUT2D eigenvalue weighted by atomic mass is 10.1. The quantitative estimate of drug-likeness (QED) is 0.910. The van der Waals surface area contributed by atoms with Crippen LogP contribution in [-0.2, 0) is 6.42 Å². The largest absolute Gasteiger partial charge is 0.310 e. The fraction of sp³-hybridized carbons (Fsp3) is 0.267. The Morgan fingerprint density at radius 1 is 1.22 bits per heavy atom. The maximum Gasteiger partial charge on any atom is 0.0303 e. The molecule has 18 heavy (non-hydrogen) atoms. The molecule has 0 aliphatic heterocycles. The van der Waals surface area contributed by atoms with E-state index in [0.717, 1.165) is 17.4 Å². The molecule has 0 saturated heterocycles. The van der Waals surface area contributed by atoms with E-state index in [1.54, 1.807) is 6.20 Å². The molecule has 1 N–H and O–H groups in total. The molecule has 0 spiro atoms. The zero-order chi connectivity index (χ0) is 12.8. The molecule has 94 valence electrons. The van der Waals surface area contributed by atoms with Crippen molar-refractivity contribution < 1.29 is 0 Å². The standard InChI is InChI=1S/C15H17BrN2/c1-12(14-6-2-3-7-15(14)16)18-10-8-13-5-4-9-17-11-13/h2-7,9,11-12,18H,8,10H2,1H3/t12-/m0/s1. The number of benzene rings is 1. The molecule has 0 amide bonds. The van der Waals surface area contributed by atoms with Crippen LogP contribution in [0.3, 0.4) is 0 Å². The molecule has 0 unspecified atom stereocenters. The molecule has 2 nitrogen and oxygen atoms in total. The molecule has 0 aliphatic rings. The van der Waals surface area contributed by atoms with Crippen LogP contribution in [0.25, 0.3) is 0 Å². The van der Waals surface area contributed by atoms with Gasteiger partial charge in [-0.25, -0.2) is 0 Å². The van der Waals surface area contributed by atoms with E-state index in [1.807, 2.05) is 18.3 Å². The van der Waals surface area contributed by atoms with Gasteiger partial charge in [-0.2, -0.15) is 0 Å². The van der Waals surface area contributed by atoms with E-state index in [2.05, 4.69) is 57.4 Å². The summed E-state index contributed by atoms with van der Waals surface area (Å²) in [6.45, 7) is 3.14. The van der Waals surface area contributed by atoms with Crippen molar-refractivity contribution in [3.05, 3.63) is 64.4 Å². The molecular formula is C15H17BrN2. The van der Waals surface area contributed by atoms with Gasteiger partial charge in [-0.15, -0.1) is 0 Å². The maximum atomic E-state index is 4.12. The summed E-state index contributed by atoms with van der Waals surface area (Å²) in [5, 5.41) is 3.53. The van der Waals surface area contributed by atoms with E-state index in [0.29, 0.717) is 6.04 Å². The smallest absolute Gasteiger partial charge is 0.0303 e. The van der Waals surface area contributed by atoms with Crippen LogP contribution in [0.2, 0.25) is 0 Å². The van der Waals surface area contributed by atoms with Crippen LogP contribution >= 0.6 is 15.9 Å². The molecule has 0 bridgehead atoms. The highest BCUT2D eigenvalue weighted by Gasteiger charge is 2.07. The summed E-state index contributed by atoms with van der Waals surface area (Å²) in [5.41, 5.74) is 2.56. The van der Waals surface area contributed by atoms with Crippen molar-refractivity contribution >= 4 is 15.9 Å². The summed E-state index contributed by atoms with van der Waals surface area (Å²) in [7, 11) is 0. The lowest BCUT2D eigenvalue weighted by Gasteiger charge is -2.15. The highest BCUT2D eigenvalue weighted by atomic mass is 79.9. The van der Waals surface area contributed by atoms with Crippen LogP contribution in [0.5, 0.6) is 0 Å². The molecule has 1 aromatic heterocycles. The lowest BCUT2D eigenvalue weighted by molar-refractivity contribution is 0.575. The minimum Gasteiger partial charge on any atom is -0.310 e. The second kappa shape index (κ2) is 6.66. The van der Waals surface area contributed by atoms with Crippen LogP contribution in [0.1, 0.15) is 24.1 Å². The topological polar surface area (TPSA) is 24.9 Å². The molecular weight excluding hydrogens is 288 g/mol. The SMILES string of the molecule is C[C@H](NCCc1cccnc1)c1ccccc1Br. The van der Waals surface area contributed by atoms with Gasteiger partial charge in [-0.1, -0.05) is 40.2 Å². The average molecular weight is 305 g/mol. The first-order valence-corrected chi connectivity index (χ1v) is 6.93. The fourth-order valence-electron chi connectivity index (χ4n) is 1.92. The molecule has 2 aromatic rings. The van der Waals surface area contributed by atoms with Gasteiger partial charge < -0.3 is 5.32 Å². The minimum absolute atomic E-state index is 0.345. The first-order chi connectivity index (χ1) is 8.77. The molecule has 0 radical (unpaired) electrons. The van der Waals surface area contributed by atoms with E-state index in [9.17, 15) is 0 Å². The highest BCUT2D eigenvalue weighted by Crippen LogP contribution is 2.22. The van der Waals surface area contributed by atoms with E-state index in [1.165, 1.54) is 11.1 Å². The Labute approximate surface area is 117 Å². The van der Waals surface area contributed by atoms with E-state index >= 15 is 0 Å². The van der Waals surface area contributed by atoms with Gasteiger partial charge in [0.2, 0.25) is 0 Å². The third-order valence-corrected chi connectivity index (χ3v) is 3.68. The van der Waals surface area contributed by atoms with E-state index < -0.39 is 0 Å². The molecule has 0 fully saturated rings. The molecule has 0 aliphatic carbocycles. The van der Waals surface area contributed by atoms with Crippen molar-refractivity contribution in [2.45, 2.75) is 19.4 Å². The number of pyridine rings is 1. The summed E-state index contributed by atoms with van der Waals surface area (Å²) in [6.07, 6.45) is 4.73. The van der Waals surface area contributed by atoms with Gasteiger partial charge in [0.05, 0.1) is 0 Å². The normalized spacial score (nSPS) is 12.3. The van der Waals surface area contributed by atoms with Crippen molar-refractivity contribution in [2.24, 2.45) is 0 Å². The number of nitrogens with one attached hydrogen (secondary N) is 1. The van der Waals surface area contributed by atoms with Gasteiger partial charge >= 0.3 is 0 Å². The number of hydrogen-bond acceptors (Lipinski definition) is 2. The third kappa shape index (κ3) is 3.65. The second-order valence-corrected chi connectivity index (χ2v) is 5.16. The van der Waals surface area contributed by atoms with E-state index in [4.69, 9.17) is 0 Å². The molecule has 1 atom stereocenters. The minimum atomic E-state index is 0.345. The number of rotatable bonds is 5. The van der Waals surface area contributed by atoms with Gasteiger partial charge in [0, 0.05) is 22.9 Å². The summed E-state index contributed by atoms with van der Waals surface area (Å²) >= 11 is 3.58. The summed E-state index contributed by atoms with van der Waals surface area (Å²) < 4.78 is 1.16. The first-order valence-electron chi connectivity index (χ1n) is 6.14. The molecule has 1 heterocycles. The Balaban J connectivity index is 1.86. The van der Waals surface area contributed by atoms with Gasteiger partial charge in [0.25, 0.3) is 0 Å².